The minimum Gasteiger partial charge on any atom is -0.299 e. The van der Waals surface area contributed by atoms with Crippen molar-refractivity contribution < 1.29 is 4.79 Å². The second kappa shape index (κ2) is 5.27. The van der Waals surface area contributed by atoms with Crippen molar-refractivity contribution in [3.8, 4) is 6.07 Å². The van der Waals surface area contributed by atoms with Crippen molar-refractivity contribution in [2.75, 3.05) is 0 Å². The molecule has 0 spiro atoms. The lowest BCUT2D eigenvalue weighted by Gasteiger charge is -2.18. The summed E-state index contributed by atoms with van der Waals surface area (Å²) >= 11 is 3.37. The smallest absolute Gasteiger partial charge is 0.144 e. The Morgan fingerprint density at radius 3 is 2.62 bits per heavy atom. The first-order valence-electron chi connectivity index (χ1n) is 5.13. The van der Waals surface area contributed by atoms with Gasteiger partial charge in [0.2, 0.25) is 0 Å². The van der Waals surface area contributed by atoms with Crippen LogP contribution >= 0.6 is 15.9 Å². The van der Waals surface area contributed by atoms with Crippen molar-refractivity contribution in [2.45, 2.75) is 31.5 Å². The van der Waals surface area contributed by atoms with E-state index in [-0.39, 0.29) is 16.5 Å². The minimum absolute atomic E-state index is 0.00653. The molecule has 0 aliphatic carbocycles. The van der Waals surface area contributed by atoms with Crippen molar-refractivity contribution in [2.24, 2.45) is 0 Å². The van der Waals surface area contributed by atoms with Crippen molar-refractivity contribution in [1.82, 2.24) is 0 Å². The summed E-state index contributed by atoms with van der Waals surface area (Å²) < 4.78 is 0. The molecule has 0 N–H and O–H groups in total. The Morgan fingerprint density at radius 2 is 2.12 bits per heavy atom. The van der Waals surface area contributed by atoms with E-state index in [2.05, 4.69) is 22.0 Å². The Morgan fingerprint density at radius 1 is 1.50 bits per heavy atom. The van der Waals surface area contributed by atoms with Crippen molar-refractivity contribution in [3.63, 3.8) is 0 Å². The van der Waals surface area contributed by atoms with Gasteiger partial charge in [0, 0.05) is 5.92 Å². The van der Waals surface area contributed by atoms with E-state index >= 15 is 0 Å². The topological polar surface area (TPSA) is 40.9 Å². The van der Waals surface area contributed by atoms with Gasteiger partial charge in [0.1, 0.15) is 5.78 Å². The predicted molar refractivity (Wildman–Crippen MR) is 67.7 cm³/mol. The molecule has 84 valence electrons. The summed E-state index contributed by atoms with van der Waals surface area (Å²) in [5.41, 5.74) is 2.57. The molecule has 0 aromatic heterocycles. The number of Topliss-reactive ketones (excluding diaryl/α,β-unsaturated/α-hetero) is 1. The monoisotopic (exact) mass is 279 g/mol. The molecule has 0 fully saturated rings. The molecule has 0 heterocycles. The average molecular weight is 280 g/mol. The highest BCUT2D eigenvalue weighted by atomic mass is 79.9. The zero-order valence-electron chi connectivity index (χ0n) is 9.62. The van der Waals surface area contributed by atoms with Crippen LogP contribution in [0.4, 0.5) is 0 Å². The van der Waals surface area contributed by atoms with E-state index in [0.717, 1.165) is 11.1 Å². The molecule has 2 atom stereocenters. The molecule has 0 aliphatic heterocycles. The zero-order chi connectivity index (χ0) is 12.3. The van der Waals surface area contributed by atoms with Gasteiger partial charge in [-0.3, -0.25) is 4.79 Å². The summed E-state index contributed by atoms with van der Waals surface area (Å²) in [7, 11) is 0. The van der Waals surface area contributed by atoms with Crippen LogP contribution in [0.3, 0.4) is 0 Å². The quantitative estimate of drug-likeness (QED) is 0.797. The van der Waals surface area contributed by atoms with Gasteiger partial charge < -0.3 is 0 Å². The highest BCUT2D eigenvalue weighted by Crippen LogP contribution is 2.29. The third-order valence-electron chi connectivity index (χ3n) is 2.73. The summed E-state index contributed by atoms with van der Waals surface area (Å²) in [6, 6.07) is 7.94. The van der Waals surface area contributed by atoms with Crippen LogP contribution in [0, 0.1) is 18.3 Å². The van der Waals surface area contributed by atoms with Crippen molar-refractivity contribution >= 4 is 21.7 Å². The number of hydrogen-bond acceptors (Lipinski definition) is 2. The van der Waals surface area contributed by atoms with Gasteiger partial charge in [0.15, 0.2) is 0 Å². The normalized spacial score (nSPS) is 13.9. The number of rotatable bonds is 3. The van der Waals surface area contributed by atoms with Crippen molar-refractivity contribution in [3.05, 3.63) is 34.9 Å². The van der Waals surface area contributed by atoms with Gasteiger partial charge in [-0.1, -0.05) is 41.1 Å². The lowest BCUT2D eigenvalue weighted by Crippen LogP contribution is -2.18. The number of halogens is 1. The minimum atomic E-state index is -0.235. The second-order valence-corrected chi connectivity index (χ2v) is 4.94. The van der Waals surface area contributed by atoms with E-state index in [9.17, 15) is 4.79 Å². The zero-order valence-corrected chi connectivity index (χ0v) is 11.2. The number of carbonyl (C=O) groups excluding carboxylic acids is 1. The van der Waals surface area contributed by atoms with Crippen LogP contribution in [-0.2, 0) is 4.79 Å². The highest BCUT2D eigenvalue weighted by molar-refractivity contribution is 9.10. The number of carbonyl (C=O) groups is 1. The van der Waals surface area contributed by atoms with Crippen LogP contribution in [0.1, 0.15) is 36.5 Å². The largest absolute Gasteiger partial charge is 0.299 e. The average Bonchev–Trinajstić information content (AvgIpc) is 2.26. The maximum absolute atomic E-state index is 11.3. The maximum atomic E-state index is 11.3. The Bertz CT molecular complexity index is 448. The van der Waals surface area contributed by atoms with Gasteiger partial charge in [0.05, 0.1) is 16.5 Å². The van der Waals surface area contributed by atoms with Crippen molar-refractivity contribution in [1.29, 1.82) is 5.26 Å². The van der Waals surface area contributed by atoms with Gasteiger partial charge in [-0.25, -0.2) is 0 Å². The van der Waals surface area contributed by atoms with Crippen LogP contribution < -0.4 is 0 Å². The fourth-order valence-electron chi connectivity index (χ4n) is 1.73. The van der Waals surface area contributed by atoms with E-state index in [4.69, 9.17) is 5.26 Å². The fraction of sp³-hybridized carbons (Fsp3) is 0.385. The lowest BCUT2D eigenvalue weighted by atomic mass is 9.90. The second-order valence-electron chi connectivity index (χ2n) is 3.95. The van der Waals surface area contributed by atoms with Gasteiger partial charge >= 0.3 is 0 Å². The first kappa shape index (κ1) is 12.9. The molecular formula is C13H14BrNO. The molecule has 0 saturated heterocycles. The van der Waals surface area contributed by atoms with Crippen LogP contribution in [0.15, 0.2) is 18.2 Å². The fourth-order valence-corrected chi connectivity index (χ4v) is 2.02. The first-order chi connectivity index (χ1) is 7.49. The van der Waals surface area contributed by atoms with Gasteiger partial charge in [-0.15, -0.1) is 0 Å². The van der Waals surface area contributed by atoms with E-state index in [1.165, 1.54) is 0 Å². The SMILES string of the molecule is CC(=O)C(Br)C(C)c1cccc(C)c1C#N. The molecule has 2 unspecified atom stereocenters. The van der Waals surface area contributed by atoms with Crippen LogP contribution in [0.25, 0.3) is 0 Å². The molecule has 1 aromatic rings. The van der Waals surface area contributed by atoms with Crippen LogP contribution in [0.2, 0.25) is 0 Å². The molecule has 0 saturated carbocycles. The highest BCUT2D eigenvalue weighted by Gasteiger charge is 2.22. The number of nitriles is 1. The van der Waals surface area contributed by atoms with Crippen LogP contribution in [-0.4, -0.2) is 10.6 Å². The third kappa shape index (κ3) is 2.51. The Balaban J connectivity index is 3.19. The number of benzene rings is 1. The lowest BCUT2D eigenvalue weighted by molar-refractivity contribution is -0.116. The molecule has 0 amide bonds. The molecule has 1 rings (SSSR count). The Labute approximate surface area is 104 Å². The van der Waals surface area contributed by atoms with E-state index < -0.39 is 0 Å². The number of aryl methyl sites for hydroxylation is 1. The summed E-state index contributed by atoms with van der Waals surface area (Å²) in [5.74, 6) is 0.0879. The standard InChI is InChI=1S/C13H14BrNO/c1-8-5-4-6-11(12(8)7-15)9(2)13(14)10(3)16/h4-6,9,13H,1-3H3. The van der Waals surface area contributed by atoms with E-state index in [0.29, 0.717) is 5.56 Å². The summed E-state index contributed by atoms with van der Waals surface area (Å²) in [6.45, 7) is 5.42. The summed E-state index contributed by atoms with van der Waals surface area (Å²) in [4.78, 5) is 11.1. The molecule has 3 heteroatoms. The molecule has 0 bridgehead atoms. The number of nitrogens with zero attached hydrogens (tertiary/aromatic N) is 1. The summed E-state index contributed by atoms with van der Waals surface area (Å²) in [5, 5.41) is 9.12. The number of ketones is 1. The summed E-state index contributed by atoms with van der Waals surface area (Å²) in [6.07, 6.45) is 0. The molecular weight excluding hydrogens is 266 g/mol. The first-order valence-corrected chi connectivity index (χ1v) is 6.04. The Hall–Kier alpha value is -1.14. The predicted octanol–water partition coefficient (Wildman–Crippen LogP) is 3.32. The van der Waals surface area contributed by atoms with Gasteiger partial charge in [-0.2, -0.15) is 5.26 Å². The van der Waals surface area contributed by atoms with E-state index in [1.807, 2.05) is 32.0 Å². The number of alkyl halides is 1. The Kier molecular flexibility index (Phi) is 4.26. The molecule has 0 radical (unpaired) electrons. The maximum Gasteiger partial charge on any atom is 0.144 e. The van der Waals surface area contributed by atoms with Gasteiger partial charge in [0.25, 0.3) is 0 Å². The molecule has 16 heavy (non-hydrogen) atoms. The third-order valence-corrected chi connectivity index (χ3v) is 4.17. The van der Waals surface area contributed by atoms with Crippen LogP contribution in [0.5, 0.6) is 0 Å². The molecule has 1 aromatic carbocycles. The van der Waals surface area contributed by atoms with E-state index in [1.54, 1.807) is 6.92 Å². The molecule has 0 aliphatic rings. The van der Waals surface area contributed by atoms with Gasteiger partial charge in [-0.05, 0) is 25.0 Å². The number of hydrogen-bond donors (Lipinski definition) is 0. The molecule has 2 nitrogen and oxygen atoms in total.